The first-order valence-corrected chi connectivity index (χ1v) is 10.2. The van der Waals surface area contributed by atoms with Crippen molar-refractivity contribution in [2.45, 2.75) is 24.9 Å². The maximum Gasteiger partial charge on any atom is 0.255 e. The number of nitrogens with two attached hydrogens (primary N) is 1. The molecular formula is C23H19N3O7. The highest BCUT2D eigenvalue weighted by atomic mass is 16.3. The van der Waals surface area contributed by atoms with Crippen LogP contribution in [0.2, 0.25) is 0 Å². The van der Waals surface area contributed by atoms with Crippen LogP contribution in [0.15, 0.2) is 47.8 Å². The topological polar surface area (TPSA) is 184 Å². The molecule has 1 saturated carbocycles. The largest absolute Gasteiger partial charge is 0.508 e. The van der Waals surface area contributed by atoms with E-state index in [0.717, 1.165) is 0 Å². The minimum absolute atomic E-state index is 0.0310. The van der Waals surface area contributed by atoms with Gasteiger partial charge in [0.15, 0.2) is 11.4 Å². The van der Waals surface area contributed by atoms with Gasteiger partial charge in [-0.05, 0) is 36.0 Å². The van der Waals surface area contributed by atoms with Crippen LogP contribution < -0.4 is 5.73 Å². The number of nitrogens with zero attached hydrogens (tertiary/aromatic N) is 2. The summed E-state index contributed by atoms with van der Waals surface area (Å²) in [4.78, 5) is 45.6. The summed E-state index contributed by atoms with van der Waals surface area (Å²) >= 11 is 0. The van der Waals surface area contributed by atoms with Crippen LogP contribution in [0.1, 0.15) is 24.0 Å². The van der Waals surface area contributed by atoms with Gasteiger partial charge in [-0.2, -0.15) is 0 Å². The first-order valence-electron chi connectivity index (χ1n) is 10.2. The van der Waals surface area contributed by atoms with Crippen molar-refractivity contribution in [3.63, 3.8) is 0 Å². The van der Waals surface area contributed by atoms with Crippen LogP contribution in [0.5, 0.6) is 5.75 Å². The Balaban J connectivity index is 1.72. The maximum absolute atomic E-state index is 13.5. The smallest absolute Gasteiger partial charge is 0.255 e. The molecule has 3 aliphatic rings. The van der Waals surface area contributed by atoms with Crippen molar-refractivity contribution in [3.8, 4) is 16.9 Å². The number of benzene rings is 1. The quantitative estimate of drug-likeness (QED) is 0.415. The number of phenols is 1. The third kappa shape index (κ3) is 2.74. The molecule has 0 radical (unpaired) electrons. The molecule has 10 heteroatoms. The first kappa shape index (κ1) is 20.8. The van der Waals surface area contributed by atoms with Gasteiger partial charge in [-0.15, -0.1) is 0 Å². The summed E-state index contributed by atoms with van der Waals surface area (Å²) in [5, 5.41) is 43.4. The number of amides is 1. The number of aromatic hydroxyl groups is 1. The molecule has 0 spiro atoms. The van der Waals surface area contributed by atoms with Gasteiger partial charge in [0.2, 0.25) is 5.78 Å². The Morgan fingerprint density at radius 1 is 1.09 bits per heavy atom. The predicted octanol–water partition coefficient (Wildman–Crippen LogP) is 0.881. The molecule has 10 nitrogen and oxygen atoms in total. The van der Waals surface area contributed by atoms with E-state index < -0.39 is 52.0 Å². The number of primary amides is 1. The molecule has 0 saturated heterocycles. The fourth-order valence-electron chi connectivity index (χ4n) is 5.33. The monoisotopic (exact) mass is 449 g/mol. The van der Waals surface area contributed by atoms with Crippen LogP contribution in [0, 0.1) is 11.8 Å². The number of phenolic OH excluding ortho intramolecular Hbond substituents is 1. The summed E-state index contributed by atoms with van der Waals surface area (Å²) in [6.07, 6.45) is 4.45. The summed E-state index contributed by atoms with van der Waals surface area (Å²) in [7, 11) is 0. The highest BCUT2D eigenvalue weighted by molar-refractivity contribution is 6.22. The number of hydrogen-bond acceptors (Lipinski definition) is 9. The molecule has 1 aromatic heterocycles. The second kappa shape index (κ2) is 6.97. The zero-order valence-corrected chi connectivity index (χ0v) is 17.1. The van der Waals surface area contributed by atoms with E-state index in [1.165, 1.54) is 12.4 Å². The average molecular weight is 449 g/mol. The molecule has 1 aromatic carbocycles. The number of aliphatic hydroxyl groups excluding tert-OH is 2. The van der Waals surface area contributed by atoms with Gasteiger partial charge in [-0.25, -0.2) is 9.97 Å². The van der Waals surface area contributed by atoms with Crippen molar-refractivity contribution < 1.29 is 34.8 Å². The number of aliphatic hydroxyl groups is 3. The van der Waals surface area contributed by atoms with Crippen molar-refractivity contribution in [3.05, 3.63) is 58.9 Å². The van der Waals surface area contributed by atoms with Gasteiger partial charge >= 0.3 is 0 Å². The first-order chi connectivity index (χ1) is 15.7. The van der Waals surface area contributed by atoms with Crippen LogP contribution in [0.25, 0.3) is 16.9 Å². The molecule has 2 aromatic rings. The number of Topliss-reactive ketones (excluding diaryl/α,β-unsaturated/α-hetero) is 2. The van der Waals surface area contributed by atoms with Gasteiger partial charge in [0.05, 0.1) is 5.56 Å². The number of carbonyl (C=O) groups excluding carboxylic acids is 3. The summed E-state index contributed by atoms with van der Waals surface area (Å²) in [5.41, 5.74) is 3.51. The standard InChI is InChI=1S/C23H19N3O7/c24-22(32)18-15(28)5-11-3-9-4-13-12(10-6-25-8-26-7-10)1-2-14(27)17(13)19(29)16(9)20(30)23(11,33)21(18)31/h1-2,6-9,11,27,29,31,33H,3-5H2,(H2,24,32)/t9-,11+,23+/m1/s1. The van der Waals surface area contributed by atoms with Crippen molar-refractivity contribution in [1.82, 2.24) is 9.97 Å². The van der Waals surface area contributed by atoms with Crippen LogP contribution >= 0.6 is 0 Å². The molecular weight excluding hydrogens is 430 g/mol. The van der Waals surface area contributed by atoms with Gasteiger partial charge in [0.1, 0.15) is 29.2 Å². The summed E-state index contributed by atoms with van der Waals surface area (Å²) in [6.45, 7) is 0. The van der Waals surface area contributed by atoms with Gasteiger partial charge in [-0.1, -0.05) is 6.07 Å². The lowest BCUT2D eigenvalue weighted by Crippen LogP contribution is -2.58. The van der Waals surface area contributed by atoms with Gasteiger partial charge < -0.3 is 26.2 Å². The zero-order chi connectivity index (χ0) is 23.7. The Hall–Kier alpha value is -4.05. The Labute approximate surface area is 186 Å². The van der Waals surface area contributed by atoms with Crippen LogP contribution in [0.3, 0.4) is 0 Å². The number of aromatic nitrogens is 2. The maximum atomic E-state index is 13.5. The zero-order valence-electron chi connectivity index (χ0n) is 17.1. The number of ketones is 2. The summed E-state index contributed by atoms with van der Waals surface area (Å²) in [6, 6.07) is 3.02. The fourth-order valence-corrected chi connectivity index (χ4v) is 5.33. The van der Waals surface area contributed by atoms with Gasteiger partial charge in [-0.3, -0.25) is 14.4 Å². The number of carbonyl (C=O) groups is 3. The Morgan fingerprint density at radius 3 is 2.45 bits per heavy atom. The van der Waals surface area contributed by atoms with Crippen LogP contribution in [-0.4, -0.2) is 53.5 Å². The second-order valence-electron chi connectivity index (χ2n) is 8.52. The van der Waals surface area contributed by atoms with Crippen LogP contribution in [0.4, 0.5) is 0 Å². The van der Waals surface area contributed by atoms with E-state index in [1.807, 2.05) is 0 Å². The predicted molar refractivity (Wildman–Crippen MR) is 112 cm³/mol. The second-order valence-corrected chi connectivity index (χ2v) is 8.52. The molecule has 0 unspecified atom stereocenters. The Kier molecular flexibility index (Phi) is 4.40. The van der Waals surface area contributed by atoms with Gasteiger partial charge in [0, 0.05) is 35.9 Å². The summed E-state index contributed by atoms with van der Waals surface area (Å²) < 4.78 is 0. The van der Waals surface area contributed by atoms with E-state index in [1.54, 1.807) is 18.5 Å². The molecule has 0 aliphatic heterocycles. The molecule has 1 amide bonds. The third-order valence-electron chi connectivity index (χ3n) is 6.82. The third-order valence-corrected chi connectivity index (χ3v) is 6.82. The lowest BCUT2D eigenvalue weighted by Gasteiger charge is -2.46. The van der Waals surface area contributed by atoms with E-state index >= 15 is 0 Å². The molecule has 1 fully saturated rings. The van der Waals surface area contributed by atoms with Gasteiger partial charge in [0.25, 0.3) is 5.91 Å². The van der Waals surface area contributed by atoms with Crippen LogP contribution in [-0.2, 0) is 20.8 Å². The Morgan fingerprint density at radius 2 is 1.79 bits per heavy atom. The molecule has 3 aliphatic carbocycles. The van der Waals surface area contributed by atoms with Crippen molar-refractivity contribution in [2.24, 2.45) is 17.6 Å². The van der Waals surface area contributed by atoms with E-state index in [2.05, 4.69) is 9.97 Å². The normalized spacial score (nSPS) is 26.6. The average Bonchev–Trinajstić information content (AvgIpc) is 2.76. The van der Waals surface area contributed by atoms with E-state index in [-0.39, 0.29) is 36.1 Å². The highest BCUT2D eigenvalue weighted by Crippen LogP contribution is 2.52. The van der Waals surface area contributed by atoms with Crippen molar-refractivity contribution in [2.75, 3.05) is 0 Å². The lowest BCUT2D eigenvalue weighted by molar-refractivity contribution is -0.147. The molecule has 168 valence electrons. The summed E-state index contributed by atoms with van der Waals surface area (Å²) in [5.74, 6) is -6.53. The molecule has 1 heterocycles. The number of fused-ring (bicyclic) bond motifs is 3. The Bertz CT molecular complexity index is 1310. The molecule has 33 heavy (non-hydrogen) atoms. The fraction of sp³-hybridized carbons (Fsp3) is 0.261. The highest BCUT2D eigenvalue weighted by Gasteiger charge is 2.60. The van der Waals surface area contributed by atoms with Crippen molar-refractivity contribution >= 4 is 23.2 Å². The minimum Gasteiger partial charge on any atom is -0.508 e. The number of rotatable bonds is 2. The van der Waals surface area contributed by atoms with E-state index in [4.69, 9.17) is 5.73 Å². The minimum atomic E-state index is -2.57. The molecule has 0 bridgehead atoms. The lowest BCUT2D eigenvalue weighted by atomic mass is 9.59. The van der Waals surface area contributed by atoms with Crippen molar-refractivity contribution in [1.29, 1.82) is 0 Å². The van der Waals surface area contributed by atoms with E-state index in [9.17, 15) is 34.8 Å². The molecule has 6 N–H and O–H groups in total. The molecule has 5 rings (SSSR count). The molecule has 3 atom stereocenters. The number of hydrogen-bond donors (Lipinski definition) is 5. The SMILES string of the molecule is NC(=O)C1=C(O)[C@@]2(O)C(=O)C3=C(O)c4c(O)ccc(-c5cncnc5)c4C[C@H]3C[C@H]2CC1=O. The van der Waals surface area contributed by atoms with E-state index in [0.29, 0.717) is 16.7 Å².